The molecule has 2 aromatic heterocycles. The quantitative estimate of drug-likeness (QED) is 0.621. The van der Waals surface area contributed by atoms with Crippen LogP contribution >= 0.6 is 11.3 Å². The molecular weight excluding hydrogens is 374 g/mol. The van der Waals surface area contributed by atoms with Gasteiger partial charge in [-0.15, -0.1) is 11.3 Å². The Morgan fingerprint density at radius 2 is 2.04 bits per heavy atom. The lowest BCUT2D eigenvalue weighted by Gasteiger charge is -2.01. The highest BCUT2D eigenvalue weighted by Gasteiger charge is 2.14. The highest BCUT2D eigenvalue weighted by molar-refractivity contribution is 7.90. The van der Waals surface area contributed by atoms with Gasteiger partial charge in [-0.05, 0) is 30.7 Å². The number of amides is 1. The summed E-state index contributed by atoms with van der Waals surface area (Å²) < 4.78 is 28.2. The molecule has 0 radical (unpaired) electrons. The molecule has 1 aromatic carbocycles. The maximum Gasteiger partial charge on any atom is 0.273 e. The van der Waals surface area contributed by atoms with Gasteiger partial charge in [-0.3, -0.25) is 4.79 Å². The Hall–Kier alpha value is -2.52. The Balaban J connectivity index is 1.57. The smallest absolute Gasteiger partial charge is 0.273 e. The molecular formula is C17H17N3O4S2. The highest BCUT2D eigenvalue weighted by Crippen LogP contribution is 2.22. The zero-order chi connectivity index (χ0) is 18.6. The SMILES string of the molecule is CS(=O)(=O)c1ccc(-c2cc(C(=O)NCCCc3nccs3)no2)cc1. The van der Waals surface area contributed by atoms with Crippen LogP contribution in [0.3, 0.4) is 0 Å². The first-order valence-electron chi connectivity index (χ1n) is 7.87. The largest absolute Gasteiger partial charge is 0.355 e. The number of thiazole rings is 1. The van der Waals surface area contributed by atoms with Crippen molar-refractivity contribution in [1.29, 1.82) is 0 Å². The fourth-order valence-corrected chi connectivity index (χ4v) is 3.59. The molecule has 0 saturated carbocycles. The molecule has 0 fully saturated rings. The van der Waals surface area contributed by atoms with Crippen molar-refractivity contribution in [3.05, 3.63) is 52.6 Å². The van der Waals surface area contributed by atoms with E-state index in [0.29, 0.717) is 17.9 Å². The monoisotopic (exact) mass is 391 g/mol. The van der Waals surface area contributed by atoms with Gasteiger partial charge in [-0.1, -0.05) is 5.16 Å². The van der Waals surface area contributed by atoms with Gasteiger partial charge in [0.05, 0.1) is 9.90 Å². The molecule has 0 aliphatic carbocycles. The minimum atomic E-state index is -3.25. The van der Waals surface area contributed by atoms with E-state index in [2.05, 4.69) is 15.5 Å². The lowest BCUT2D eigenvalue weighted by Crippen LogP contribution is -2.25. The standard InChI is InChI=1S/C17H17N3O4S2/c1-26(22,23)13-6-4-12(5-7-13)15-11-14(20-24-15)17(21)19-8-2-3-16-18-9-10-25-16/h4-7,9-11H,2-3,8H2,1H3,(H,19,21). The summed E-state index contributed by atoms with van der Waals surface area (Å²) in [5, 5.41) is 9.53. The zero-order valence-electron chi connectivity index (χ0n) is 14.0. The minimum absolute atomic E-state index is 0.182. The van der Waals surface area contributed by atoms with Crippen molar-refractivity contribution in [1.82, 2.24) is 15.5 Å². The van der Waals surface area contributed by atoms with Gasteiger partial charge in [0.15, 0.2) is 21.3 Å². The van der Waals surface area contributed by atoms with E-state index in [-0.39, 0.29) is 16.5 Å². The van der Waals surface area contributed by atoms with Crippen LogP contribution in [0.4, 0.5) is 0 Å². The van der Waals surface area contributed by atoms with Crippen molar-refractivity contribution in [2.75, 3.05) is 12.8 Å². The molecule has 0 aliphatic heterocycles. The Bertz CT molecular complexity index is 977. The van der Waals surface area contributed by atoms with Gasteiger partial charge in [0.1, 0.15) is 0 Å². The molecule has 7 nitrogen and oxygen atoms in total. The minimum Gasteiger partial charge on any atom is -0.355 e. The third-order valence-corrected chi connectivity index (χ3v) is 5.61. The number of hydrogen-bond donors (Lipinski definition) is 1. The van der Waals surface area contributed by atoms with Crippen molar-refractivity contribution < 1.29 is 17.7 Å². The predicted molar refractivity (Wildman–Crippen MR) is 97.8 cm³/mol. The number of nitrogens with one attached hydrogen (secondary N) is 1. The summed E-state index contributed by atoms with van der Waals surface area (Å²) in [6, 6.07) is 7.75. The van der Waals surface area contributed by atoms with E-state index < -0.39 is 9.84 Å². The van der Waals surface area contributed by atoms with Crippen LogP contribution in [0, 0.1) is 0 Å². The first kappa shape index (κ1) is 18.3. The first-order valence-corrected chi connectivity index (χ1v) is 10.6. The molecule has 26 heavy (non-hydrogen) atoms. The van der Waals surface area contributed by atoms with Crippen LogP contribution in [0.5, 0.6) is 0 Å². The topological polar surface area (TPSA) is 102 Å². The summed E-state index contributed by atoms with van der Waals surface area (Å²) in [5.41, 5.74) is 0.828. The number of aryl methyl sites for hydroxylation is 1. The van der Waals surface area contributed by atoms with E-state index >= 15 is 0 Å². The van der Waals surface area contributed by atoms with Crippen molar-refractivity contribution >= 4 is 27.1 Å². The van der Waals surface area contributed by atoms with Crippen molar-refractivity contribution in [3.8, 4) is 11.3 Å². The molecule has 3 aromatic rings. The summed E-state index contributed by atoms with van der Waals surface area (Å²) in [5.74, 6) is 0.0879. The van der Waals surface area contributed by atoms with Crippen LogP contribution in [0.25, 0.3) is 11.3 Å². The molecule has 1 amide bonds. The highest BCUT2D eigenvalue weighted by atomic mass is 32.2. The third kappa shape index (κ3) is 4.55. The molecule has 2 heterocycles. The third-order valence-electron chi connectivity index (χ3n) is 3.65. The normalized spacial score (nSPS) is 11.4. The lowest BCUT2D eigenvalue weighted by atomic mass is 10.1. The van der Waals surface area contributed by atoms with Gasteiger partial charge in [0.2, 0.25) is 0 Å². The first-order chi connectivity index (χ1) is 12.4. The molecule has 3 rings (SSSR count). The van der Waals surface area contributed by atoms with Crippen LogP contribution in [0.1, 0.15) is 21.9 Å². The van der Waals surface area contributed by atoms with Gasteiger partial charge in [0, 0.05) is 42.4 Å². The zero-order valence-corrected chi connectivity index (χ0v) is 15.6. The second-order valence-corrected chi connectivity index (χ2v) is 8.65. The second kappa shape index (κ2) is 7.79. The van der Waals surface area contributed by atoms with Gasteiger partial charge in [0.25, 0.3) is 5.91 Å². The molecule has 136 valence electrons. The van der Waals surface area contributed by atoms with Crippen LogP contribution < -0.4 is 5.32 Å². The molecule has 9 heteroatoms. The number of rotatable bonds is 7. The van der Waals surface area contributed by atoms with Crippen LogP contribution in [-0.2, 0) is 16.3 Å². The number of benzene rings is 1. The average molecular weight is 391 g/mol. The molecule has 0 aliphatic rings. The van der Waals surface area contributed by atoms with Gasteiger partial charge < -0.3 is 9.84 Å². The van der Waals surface area contributed by atoms with Crippen LogP contribution in [0.2, 0.25) is 0 Å². The van der Waals surface area contributed by atoms with Crippen molar-refractivity contribution in [2.45, 2.75) is 17.7 Å². The number of nitrogens with zero attached hydrogens (tertiary/aromatic N) is 2. The number of carbonyl (C=O) groups is 1. The molecule has 0 atom stereocenters. The molecule has 1 N–H and O–H groups in total. The van der Waals surface area contributed by atoms with E-state index in [4.69, 9.17) is 4.52 Å². The van der Waals surface area contributed by atoms with E-state index in [1.807, 2.05) is 5.38 Å². The Morgan fingerprint density at radius 1 is 1.27 bits per heavy atom. The van der Waals surface area contributed by atoms with Gasteiger partial charge in [-0.25, -0.2) is 13.4 Å². The Labute approximate surface area is 155 Å². The summed E-state index contributed by atoms with van der Waals surface area (Å²) in [6.45, 7) is 0.518. The number of carbonyl (C=O) groups excluding carboxylic acids is 1. The number of aromatic nitrogens is 2. The molecule has 0 unspecified atom stereocenters. The predicted octanol–water partition coefficient (Wildman–Crippen LogP) is 2.56. The number of hydrogen-bond acceptors (Lipinski definition) is 7. The summed E-state index contributed by atoms with van der Waals surface area (Å²) in [7, 11) is -3.25. The fraction of sp³-hybridized carbons (Fsp3) is 0.235. The molecule has 0 saturated heterocycles. The van der Waals surface area contributed by atoms with Gasteiger partial charge in [-0.2, -0.15) is 0 Å². The fourth-order valence-electron chi connectivity index (χ4n) is 2.29. The van der Waals surface area contributed by atoms with Crippen molar-refractivity contribution in [2.24, 2.45) is 0 Å². The Kier molecular flexibility index (Phi) is 5.48. The summed E-state index contributed by atoms with van der Waals surface area (Å²) in [4.78, 5) is 16.5. The second-order valence-electron chi connectivity index (χ2n) is 5.66. The molecule has 0 spiro atoms. The molecule has 0 bridgehead atoms. The van der Waals surface area contributed by atoms with Crippen LogP contribution in [0.15, 0.2) is 51.3 Å². The van der Waals surface area contributed by atoms with E-state index in [0.717, 1.165) is 24.1 Å². The Morgan fingerprint density at radius 3 is 2.69 bits per heavy atom. The van der Waals surface area contributed by atoms with E-state index in [9.17, 15) is 13.2 Å². The number of sulfone groups is 1. The maximum absolute atomic E-state index is 12.1. The summed E-state index contributed by atoms with van der Waals surface area (Å²) >= 11 is 1.59. The van der Waals surface area contributed by atoms with E-state index in [1.165, 1.54) is 18.2 Å². The average Bonchev–Trinajstić information content (AvgIpc) is 3.29. The van der Waals surface area contributed by atoms with Crippen molar-refractivity contribution in [3.63, 3.8) is 0 Å². The van der Waals surface area contributed by atoms with E-state index in [1.54, 1.807) is 29.7 Å². The lowest BCUT2D eigenvalue weighted by molar-refractivity contribution is 0.0944. The summed E-state index contributed by atoms with van der Waals surface area (Å²) in [6.07, 6.45) is 4.51. The maximum atomic E-state index is 12.1. The van der Waals surface area contributed by atoms with Crippen LogP contribution in [-0.4, -0.2) is 37.3 Å². The van der Waals surface area contributed by atoms with Gasteiger partial charge >= 0.3 is 0 Å².